The van der Waals surface area contributed by atoms with Crippen LogP contribution in [0.2, 0.25) is 0 Å². The van der Waals surface area contributed by atoms with Gasteiger partial charge in [-0.1, -0.05) is 12.8 Å². The predicted molar refractivity (Wildman–Crippen MR) is 118 cm³/mol. The first-order valence-corrected chi connectivity index (χ1v) is 12.0. The average molecular weight is 415 g/mol. The summed E-state index contributed by atoms with van der Waals surface area (Å²) in [6.07, 6.45) is 12.9. The van der Waals surface area contributed by atoms with Gasteiger partial charge in [0.25, 0.3) is 0 Å². The van der Waals surface area contributed by atoms with Crippen molar-refractivity contribution in [1.29, 1.82) is 0 Å². The Morgan fingerprint density at radius 1 is 1.10 bits per heavy atom. The first kappa shape index (κ1) is 21.7. The van der Waals surface area contributed by atoms with Crippen LogP contribution in [0.4, 0.5) is 0 Å². The molecule has 3 fully saturated rings. The molecule has 2 aliphatic heterocycles. The number of amides is 1. The molecule has 0 radical (unpaired) electrons. The molecule has 1 atom stereocenters. The quantitative estimate of drug-likeness (QED) is 0.718. The molecule has 1 unspecified atom stereocenters. The highest BCUT2D eigenvalue weighted by Crippen LogP contribution is 2.32. The molecule has 1 aliphatic carbocycles. The lowest BCUT2D eigenvalue weighted by Gasteiger charge is -2.42. The summed E-state index contributed by atoms with van der Waals surface area (Å²) in [7, 11) is 0. The van der Waals surface area contributed by atoms with Crippen LogP contribution in [0, 0.1) is 5.92 Å². The summed E-state index contributed by atoms with van der Waals surface area (Å²) < 4.78 is 0. The first-order chi connectivity index (χ1) is 14.6. The normalized spacial score (nSPS) is 26.0. The van der Waals surface area contributed by atoms with Crippen molar-refractivity contribution >= 4 is 5.91 Å². The number of aromatic nitrogens is 1. The van der Waals surface area contributed by atoms with E-state index in [2.05, 4.69) is 32.2 Å². The summed E-state index contributed by atoms with van der Waals surface area (Å²) in [5.74, 6) is 0.295. The number of likely N-dealkylation sites (tertiary alicyclic amines) is 2. The molecule has 1 aromatic rings. The minimum absolute atomic E-state index is 0.104. The second-order valence-corrected chi connectivity index (χ2v) is 9.67. The lowest BCUT2D eigenvalue weighted by Crippen LogP contribution is -2.50. The Morgan fingerprint density at radius 2 is 1.83 bits per heavy atom. The van der Waals surface area contributed by atoms with E-state index in [1.54, 1.807) is 0 Å². The SMILES string of the molecule is O=C(NCCC1(O)CCCC1)C1CCCN(C2CCN(Cc3ccncc3)CC2)C1. The van der Waals surface area contributed by atoms with Crippen molar-refractivity contribution in [1.82, 2.24) is 20.1 Å². The molecule has 3 aliphatic rings. The van der Waals surface area contributed by atoms with E-state index >= 15 is 0 Å². The monoisotopic (exact) mass is 414 g/mol. The molecule has 30 heavy (non-hydrogen) atoms. The minimum atomic E-state index is -0.532. The number of nitrogens with one attached hydrogen (secondary N) is 1. The molecule has 1 amide bonds. The molecule has 166 valence electrons. The molecule has 6 nitrogen and oxygen atoms in total. The van der Waals surface area contributed by atoms with Gasteiger partial charge >= 0.3 is 0 Å². The number of carbonyl (C=O) groups is 1. The summed E-state index contributed by atoms with van der Waals surface area (Å²) in [4.78, 5) is 21.9. The van der Waals surface area contributed by atoms with Crippen LogP contribution in [0.5, 0.6) is 0 Å². The van der Waals surface area contributed by atoms with Crippen LogP contribution in [0.1, 0.15) is 63.4 Å². The predicted octanol–water partition coefficient (Wildman–Crippen LogP) is 2.57. The molecule has 3 heterocycles. The summed E-state index contributed by atoms with van der Waals surface area (Å²) in [6, 6.07) is 4.81. The fourth-order valence-corrected chi connectivity index (χ4v) is 5.59. The average Bonchev–Trinajstić information content (AvgIpc) is 3.21. The second kappa shape index (κ2) is 10.2. The summed E-state index contributed by atoms with van der Waals surface area (Å²) in [6.45, 7) is 5.88. The number of hydrogen-bond acceptors (Lipinski definition) is 5. The van der Waals surface area contributed by atoms with Gasteiger partial charge < -0.3 is 10.4 Å². The number of rotatable bonds is 7. The smallest absolute Gasteiger partial charge is 0.224 e. The van der Waals surface area contributed by atoms with Gasteiger partial charge in [0.2, 0.25) is 5.91 Å². The van der Waals surface area contributed by atoms with E-state index in [4.69, 9.17) is 0 Å². The number of nitrogens with zero attached hydrogens (tertiary/aromatic N) is 3. The second-order valence-electron chi connectivity index (χ2n) is 9.67. The van der Waals surface area contributed by atoms with E-state index in [1.165, 1.54) is 18.4 Å². The van der Waals surface area contributed by atoms with Gasteiger partial charge in [-0.3, -0.25) is 19.6 Å². The zero-order valence-electron chi connectivity index (χ0n) is 18.3. The maximum Gasteiger partial charge on any atom is 0.224 e. The highest BCUT2D eigenvalue weighted by molar-refractivity contribution is 5.78. The van der Waals surface area contributed by atoms with E-state index in [0.717, 1.165) is 71.2 Å². The number of pyridine rings is 1. The minimum Gasteiger partial charge on any atom is -0.390 e. The number of carbonyl (C=O) groups excluding carboxylic acids is 1. The van der Waals surface area contributed by atoms with E-state index in [9.17, 15) is 9.90 Å². The lowest BCUT2D eigenvalue weighted by atomic mass is 9.93. The van der Waals surface area contributed by atoms with E-state index in [1.807, 2.05) is 12.4 Å². The summed E-state index contributed by atoms with van der Waals surface area (Å²) in [5.41, 5.74) is 0.802. The van der Waals surface area contributed by atoms with Crippen molar-refractivity contribution in [3.8, 4) is 0 Å². The lowest BCUT2D eigenvalue weighted by molar-refractivity contribution is -0.127. The molecule has 0 bridgehead atoms. The van der Waals surface area contributed by atoms with Gasteiger partial charge in [-0.15, -0.1) is 0 Å². The molecule has 1 saturated carbocycles. The molecule has 4 rings (SSSR count). The third kappa shape index (κ3) is 5.80. The number of aliphatic hydroxyl groups is 1. The van der Waals surface area contributed by atoms with Crippen LogP contribution in [0.3, 0.4) is 0 Å². The molecule has 1 aromatic heterocycles. The van der Waals surface area contributed by atoms with Gasteiger partial charge in [-0.2, -0.15) is 0 Å². The van der Waals surface area contributed by atoms with Crippen LogP contribution in [0.25, 0.3) is 0 Å². The summed E-state index contributed by atoms with van der Waals surface area (Å²) in [5, 5.41) is 13.6. The first-order valence-electron chi connectivity index (χ1n) is 12.0. The largest absolute Gasteiger partial charge is 0.390 e. The maximum absolute atomic E-state index is 12.7. The molecular weight excluding hydrogens is 376 g/mol. The van der Waals surface area contributed by atoms with Crippen molar-refractivity contribution in [3.63, 3.8) is 0 Å². The van der Waals surface area contributed by atoms with Crippen molar-refractivity contribution in [3.05, 3.63) is 30.1 Å². The van der Waals surface area contributed by atoms with Crippen LogP contribution in [-0.2, 0) is 11.3 Å². The highest BCUT2D eigenvalue weighted by Gasteiger charge is 2.33. The molecule has 2 N–H and O–H groups in total. The van der Waals surface area contributed by atoms with Crippen LogP contribution in [-0.4, -0.2) is 70.2 Å². The standard InChI is InChI=1S/C24H38N4O2/c29-23(26-14-11-24(30)9-1-2-10-24)21-4-3-15-28(19-21)22-7-16-27(17-8-22)18-20-5-12-25-13-6-20/h5-6,12-13,21-22,30H,1-4,7-11,14-19H2,(H,26,29). The third-order valence-corrected chi connectivity index (χ3v) is 7.48. The van der Waals surface area contributed by atoms with E-state index in [0.29, 0.717) is 19.0 Å². The van der Waals surface area contributed by atoms with E-state index in [-0.39, 0.29) is 11.8 Å². The number of hydrogen-bond donors (Lipinski definition) is 2. The van der Waals surface area contributed by atoms with Crippen molar-refractivity contribution in [2.24, 2.45) is 5.92 Å². The zero-order chi connectivity index (χ0) is 20.8. The van der Waals surface area contributed by atoms with Gasteiger partial charge in [0.05, 0.1) is 11.5 Å². The number of piperidine rings is 2. The Balaban J connectivity index is 1.19. The van der Waals surface area contributed by atoms with Crippen LogP contribution >= 0.6 is 0 Å². The highest BCUT2D eigenvalue weighted by atomic mass is 16.3. The molecular formula is C24H38N4O2. The fraction of sp³-hybridized carbons (Fsp3) is 0.750. The van der Waals surface area contributed by atoms with Gasteiger partial charge in [0.1, 0.15) is 0 Å². The summed E-state index contributed by atoms with van der Waals surface area (Å²) >= 11 is 0. The molecule has 0 aromatic carbocycles. The van der Waals surface area contributed by atoms with E-state index < -0.39 is 5.60 Å². The molecule has 6 heteroatoms. The Kier molecular flexibility index (Phi) is 7.39. The topological polar surface area (TPSA) is 68.7 Å². The van der Waals surface area contributed by atoms with Gasteiger partial charge in [0.15, 0.2) is 0 Å². The molecule has 0 spiro atoms. The van der Waals surface area contributed by atoms with Gasteiger partial charge in [-0.25, -0.2) is 0 Å². The third-order valence-electron chi connectivity index (χ3n) is 7.48. The Bertz CT molecular complexity index is 669. The van der Waals surface area contributed by atoms with Gasteiger partial charge in [-0.05, 0) is 82.3 Å². The van der Waals surface area contributed by atoms with Crippen molar-refractivity contribution in [2.45, 2.75) is 76.0 Å². The Labute approximate surface area is 181 Å². The van der Waals surface area contributed by atoms with Gasteiger partial charge in [0, 0.05) is 38.1 Å². The van der Waals surface area contributed by atoms with Crippen molar-refractivity contribution < 1.29 is 9.90 Å². The Morgan fingerprint density at radius 3 is 2.57 bits per heavy atom. The fourth-order valence-electron chi connectivity index (χ4n) is 5.59. The maximum atomic E-state index is 12.7. The molecule has 2 saturated heterocycles. The Hall–Kier alpha value is -1.50. The van der Waals surface area contributed by atoms with Crippen LogP contribution in [0.15, 0.2) is 24.5 Å². The van der Waals surface area contributed by atoms with Crippen molar-refractivity contribution in [2.75, 3.05) is 32.7 Å². The zero-order valence-corrected chi connectivity index (χ0v) is 18.3. The van der Waals surface area contributed by atoms with Crippen LogP contribution < -0.4 is 5.32 Å².